The number of para-hydroxylation sites is 1. The first-order valence-electron chi connectivity index (χ1n) is 14.0. The SMILES string of the molecule is COc1ccc2c(c1)[C@]1(O[C@@H](CC(=O)N(CCO)Cc3ccccc3)[C@H]([Si](C)(C)F)[C@H]1C)C(=O)N2c1ccccc1. The van der Waals surface area contributed by atoms with Gasteiger partial charge in [0.2, 0.25) is 14.3 Å². The Bertz CT molecular complexity index is 1400. The van der Waals surface area contributed by atoms with E-state index in [0.717, 1.165) is 5.56 Å². The van der Waals surface area contributed by atoms with E-state index in [1.165, 1.54) is 0 Å². The molecular weight excluding hydrogens is 539 g/mol. The molecule has 0 bridgehead atoms. The highest BCUT2D eigenvalue weighted by molar-refractivity contribution is 6.72. The number of aliphatic hydroxyl groups excluding tert-OH is 1. The van der Waals surface area contributed by atoms with Gasteiger partial charge in [-0.25, -0.2) is 0 Å². The van der Waals surface area contributed by atoms with Crippen molar-refractivity contribution in [2.45, 2.75) is 50.2 Å². The Balaban J connectivity index is 1.55. The van der Waals surface area contributed by atoms with Crippen molar-refractivity contribution in [3.8, 4) is 5.75 Å². The monoisotopic (exact) mass is 576 g/mol. The summed E-state index contributed by atoms with van der Waals surface area (Å²) >= 11 is 0. The molecule has 1 fully saturated rings. The summed E-state index contributed by atoms with van der Waals surface area (Å²) in [6.07, 6.45) is -0.915. The van der Waals surface area contributed by atoms with Crippen LogP contribution in [0.25, 0.3) is 0 Å². The number of nitrogens with zero attached hydrogens (tertiary/aromatic N) is 2. The van der Waals surface area contributed by atoms with Gasteiger partial charge in [0.25, 0.3) is 5.91 Å². The van der Waals surface area contributed by atoms with Crippen LogP contribution in [0, 0.1) is 5.92 Å². The van der Waals surface area contributed by atoms with Gasteiger partial charge in [0, 0.05) is 35.8 Å². The van der Waals surface area contributed by atoms with Crippen molar-refractivity contribution in [2.75, 3.05) is 25.2 Å². The fourth-order valence-electron chi connectivity index (χ4n) is 6.63. The van der Waals surface area contributed by atoms with E-state index in [1.54, 1.807) is 42.1 Å². The number of anilines is 2. The lowest BCUT2D eigenvalue weighted by Gasteiger charge is -2.31. The Morgan fingerprint density at radius 1 is 1.10 bits per heavy atom. The molecule has 0 unspecified atom stereocenters. The summed E-state index contributed by atoms with van der Waals surface area (Å²) in [6, 6.07) is 24.3. The van der Waals surface area contributed by atoms with Crippen LogP contribution in [0.15, 0.2) is 78.9 Å². The molecule has 1 spiro atoms. The van der Waals surface area contributed by atoms with Crippen LogP contribution in [0.1, 0.15) is 24.5 Å². The second-order valence-electron chi connectivity index (χ2n) is 11.4. The number of hydrogen-bond acceptors (Lipinski definition) is 5. The van der Waals surface area contributed by atoms with Crippen molar-refractivity contribution in [1.29, 1.82) is 0 Å². The number of carbonyl (C=O) groups excluding carboxylic acids is 2. The van der Waals surface area contributed by atoms with Gasteiger partial charge in [-0.1, -0.05) is 55.5 Å². The van der Waals surface area contributed by atoms with Crippen molar-refractivity contribution < 1.29 is 28.3 Å². The molecule has 0 aliphatic carbocycles. The van der Waals surface area contributed by atoms with Gasteiger partial charge >= 0.3 is 0 Å². The molecule has 9 heteroatoms. The van der Waals surface area contributed by atoms with E-state index in [1.807, 2.05) is 73.7 Å². The van der Waals surface area contributed by atoms with Crippen LogP contribution in [0.3, 0.4) is 0 Å². The number of halogens is 1. The maximum atomic E-state index is 16.2. The minimum atomic E-state index is -3.46. The van der Waals surface area contributed by atoms with Gasteiger partial charge in [-0.15, -0.1) is 0 Å². The van der Waals surface area contributed by atoms with Crippen molar-refractivity contribution in [1.82, 2.24) is 4.90 Å². The first-order chi connectivity index (χ1) is 19.6. The van der Waals surface area contributed by atoms with E-state index in [9.17, 15) is 14.7 Å². The maximum Gasteiger partial charge on any atom is 0.268 e. The lowest BCUT2D eigenvalue weighted by atomic mass is 9.82. The van der Waals surface area contributed by atoms with Gasteiger partial charge in [0.15, 0.2) is 5.60 Å². The molecule has 5 rings (SSSR count). The Morgan fingerprint density at radius 2 is 1.76 bits per heavy atom. The molecular formula is C32H37FN2O5Si. The lowest BCUT2D eigenvalue weighted by Crippen LogP contribution is -2.44. The van der Waals surface area contributed by atoms with Crippen LogP contribution in [-0.2, 0) is 26.5 Å². The molecule has 3 aromatic rings. The number of aliphatic hydroxyl groups is 1. The first-order valence-corrected chi connectivity index (χ1v) is 16.9. The fourth-order valence-corrected chi connectivity index (χ4v) is 9.12. The Morgan fingerprint density at radius 3 is 2.37 bits per heavy atom. The number of fused-ring (bicyclic) bond motifs is 2. The van der Waals surface area contributed by atoms with Gasteiger partial charge in [0.1, 0.15) is 5.75 Å². The highest BCUT2D eigenvalue weighted by atomic mass is 28.4. The molecule has 7 nitrogen and oxygen atoms in total. The topological polar surface area (TPSA) is 79.3 Å². The summed E-state index contributed by atoms with van der Waals surface area (Å²) in [6.45, 7) is 5.36. The molecule has 2 aliphatic rings. The van der Waals surface area contributed by atoms with Gasteiger partial charge in [-0.3, -0.25) is 14.5 Å². The molecule has 2 aliphatic heterocycles. The zero-order valence-electron chi connectivity index (χ0n) is 23.9. The van der Waals surface area contributed by atoms with E-state index < -0.39 is 31.6 Å². The summed E-state index contributed by atoms with van der Waals surface area (Å²) in [5, 5.41) is 9.71. The zero-order valence-corrected chi connectivity index (χ0v) is 24.9. The normalized spacial score (nSPS) is 23.6. The third-order valence-corrected chi connectivity index (χ3v) is 10.9. The summed E-state index contributed by atoms with van der Waals surface area (Å²) < 4.78 is 28.4. The number of hydrogen-bond donors (Lipinski definition) is 1. The van der Waals surface area contributed by atoms with Gasteiger partial charge in [0.05, 0.1) is 31.9 Å². The van der Waals surface area contributed by atoms with E-state index in [0.29, 0.717) is 29.2 Å². The van der Waals surface area contributed by atoms with Gasteiger partial charge in [-0.05, 0) is 49.0 Å². The molecule has 0 aromatic heterocycles. The van der Waals surface area contributed by atoms with Crippen LogP contribution in [-0.4, -0.2) is 56.6 Å². The van der Waals surface area contributed by atoms with Crippen molar-refractivity contribution >= 4 is 31.6 Å². The smallest absolute Gasteiger partial charge is 0.268 e. The standard InChI is InChI=1S/C32H37FN2O5Si/c1-22-30(41(3,4)33)28(20-29(37)34(17-18-36)21-23-11-7-5-8-12-23)40-32(22)26-19-25(39-2)15-16-27(26)35(31(32)38)24-13-9-6-10-14-24/h5-16,19,22,28,30,36H,17-18,20-21H2,1-4H3/t22-,28+,30-,32+/m1/s1. The Kier molecular flexibility index (Phi) is 8.05. The summed E-state index contributed by atoms with van der Waals surface area (Å²) in [7, 11) is -1.90. The van der Waals surface area contributed by atoms with Crippen LogP contribution >= 0.6 is 0 Å². The number of rotatable bonds is 9. The maximum absolute atomic E-state index is 16.2. The summed E-state index contributed by atoms with van der Waals surface area (Å²) in [4.78, 5) is 31.4. The Hall–Kier alpha value is -3.53. The van der Waals surface area contributed by atoms with E-state index in [4.69, 9.17) is 9.47 Å². The van der Waals surface area contributed by atoms with E-state index in [2.05, 4.69) is 0 Å². The number of benzene rings is 3. The third-order valence-electron chi connectivity index (χ3n) is 8.41. The van der Waals surface area contributed by atoms with Crippen LogP contribution < -0.4 is 9.64 Å². The minimum Gasteiger partial charge on any atom is -0.497 e. The molecule has 3 aromatic carbocycles. The molecule has 4 atom stereocenters. The largest absolute Gasteiger partial charge is 0.497 e. The fraction of sp³-hybridized carbons (Fsp3) is 0.375. The van der Waals surface area contributed by atoms with E-state index in [-0.39, 0.29) is 31.4 Å². The summed E-state index contributed by atoms with van der Waals surface area (Å²) in [5.41, 5.74) is 0.775. The van der Waals surface area contributed by atoms with Crippen molar-refractivity contribution in [3.05, 3.63) is 90.0 Å². The number of methoxy groups -OCH3 is 1. The minimum absolute atomic E-state index is 0.0954. The zero-order chi connectivity index (χ0) is 29.4. The lowest BCUT2D eigenvalue weighted by molar-refractivity contribution is -0.149. The number of amides is 2. The molecule has 2 amide bonds. The highest BCUT2D eigenvalue weighted by Gasteiger charge is 2.67. The average Bonchev–Trinajstić information content (AvgIpc) is 3.39. The van der Waals surface area contributed by atoms with Crippen molar-refractivity contribution in [3.63, 3.8) is 0 Å². The molecule has 1 N–H and O–H groups in total. The first kappa shape index (κ1) is 29.0. The Labute approximate surface area is 241 Å². The second kappa shape index (κ2) is 11.4. The molecule has 1 saturated heterocycles. The van der Waals surface area contributed by atoms with Crippen LogP contribution in [0.2, 0.25) is 18.6 Å². The van der Waals surface area contributed by atoms with Crippen LogP contribution in [0.4, 0.5) is 15.5 Å². The highest BCUT2D eigenvalue weighted by Crippen LogP contribution is 2.61. The number of carbonyl (C=O) groups is 2. The molecule has 41 heavy (non-hydrogen) atoms. The van der Waals surface area contributed by atoms with Gasteiger partial charge in [-0.2, -0.15) is 0 Å². The van der Waals surface area contributed by atoms with Crippen molar-refractivity contribution in [2.24, 2.45) is 5.92 Å². The number of ether oxygens (including phenoxy) is 2. The van der Waals surface area contributed by atoms with Gasteiger partial charge < -0.3 is 23.6 Å². The second-order valence-corrected chi connectivity index (χ2v) is 15.2. The summed E-state index contributed by atoms with van der Waals surface area (Å²) in [5.74, 6) is -0.531. The van der Waals surface area contributed by atoms with Crippen LogP contribution in [0.5, 0.6) is 5.75 Å². The molecule has 0 saturated carbocycles. The van der Waals surface area contributed by atoms with E-state index >= 15 is 4.11 Å². The predicted octanol–water partition coefficient (Wildman–Crippen LogP) is 5.56. The molecule has 2 heterocycles. The quantitative estimate of drug-likeness (QED) is 0.267. The third kappa shape index (κ3) is 5.18. The molecule has 216 valence electrons. The molecule has 0 radical (unpaired) electrons. The predicted molar refractivity (Wildman–Crippen MR) is 158 cm³/mol. The average molecular weight is 577 g/mol.